The molecule has 2 heterocycles. The second kappa shape index (κ2) is 5.73. The number of aromatic nitrogens is 2. The molecule has 2 aromatic rings. The quantitative estimate of drug-likeness (QED) is 0.864. The fourth-order valence-corrected chi connectivity index (χ4v) is 2.02. The van der Waals surface area contributed by atoms with E-state index in [1.54, 1.807) is 16.8 Å². The largest absolute Gasteiger partial charge is 0.481 e. The zero-order chi connectivity index (χ0) is 14.7. The van der Waals surface area contributed by atoms with Gasteiger partial charge in [0.2, 0.25) is 0 Å². The zero-order valence-corrected chi connectivity index (χ0v) is 11.4. The molecule has 2 N–H and O–H groups in total. The van der Waals surface area contributed by atoms with Crippen LogP contribution in [0.5, 0.6) is 0 Å². The van der Waals surface area contributed by atoms with Crippen molar-refractivity contribution in [3.05, 3.63) is 36.2 Å². The van der Waals surface area contributed by atoms with Crippen LogP contribution in [0.2, 0.25) is 0 Å². The first-order valence-corrected chi connectivity index (χ1v) is 6.44. The smallest absolute Gasteiger partial charge is 0.308 e. The van der Waals surface area contributed by atoms with Gasteiger partial charge in [-0.15, -0.1) is 0 Å². The van der Waals surface area contributed by atoms with E-state index in [2.05, 4.69) is 10.4 Å². The van der Waals surface area contributed by atoms with Crippen LogP contribution in [0.15, 0.2) is 30.6 Å². The van der Waals surface area contributed by atoms with E-state index in [0.717, 1.165) is 0 Å². The molecule has 0 fully saturated rings. The number of carboxylic acids is 1. The van der Waals surface area contributed by atoms with Crippen molar-refractivity contribution in [1.29, 1.82) is 0 Å². The van der Waals surface area contributed by atoms with Gasteiger partial charge in [0.05, 0.1) is 23.2 Å². The number of nitrogens with zero attached hydrogens (tertiary/aromatic N) is 2. The van der Waals surface area contributed by atoms with Gasteiger partial charge in [-0.3, -0.25) is 9.59 Å². The number of nitrogens with one attached hydrogen (secondary N) is 1. The number of amides is 1. The van der Waals surface area contributed by atoms with E-state index in [-0.39, 0.29) is 18.4 Å². The summed E-state index contributed by atoms with van der Waals surface area (Å²) in [7, 11) is 0. The van der Waals surface area contributed by atoms with Crippen LogP contribution >= 0.6 is 0 Å². The molecule has 0 aliphatic rings. The van der Waals surface area contributed by atoms with Gasteiger partial charge in [0.15, 0.2) is 0 Å². The molecule has 6 heteroatoms. The Morgan fingerprint density at radius 2 is 2.15 bits per heavy atom. The van der Waals surface area contributed by atoms with E-state index in [0.29, 0.717) is 11.1 Å². The molecule has 20 heavy (non-hydrogen) atoms. The monoisotopic (exact) mass is 275 g/mol. The Labute approximate surface area is 116 Å². The average molecular weight is 275 g/mol. The Morgan fingerprint density at radius 1 is 1.40 bits per heavy atom. The van der Waals surface area contributed by atoms with Crippen molar-refractivity contribution in [3.8, 4) is 0 Å². The van der Waals surface area contributed by atoms with Crippen LogP contribution in [-0.4, -0.2) is 33.1 Å². The fraction of sp³-hybridized carbons (Fsp3) is 0.357. The summed E-state index contributed by atoms with van der Waals surface area (Å²) < 4.78 is 1.60. The van der Waals surface area contributed by atoms with E-state index in [1.165, 1.54) is 6.20 Å². The van der Waals surface area contributed by atoms with E-state index in [9.17, 15) is 9.59 Å². The van der Waals surface area contributed by atoms with Gasteiger partial charge in [-0.1, -0.05) is 19.9 Å². The molecule has 0 spiro atoms. The predicted octanol–water partition coefficient (Wildman–Crippen LogP) is 1.42. The zero-order valence-electron chi connectivity index (χ0n) is 11.4. The van der Waals surface area contributed by atoms with Gasteiger partial charge < -0.3 is 10.4 Å². The van der Waals surface area contributed by atoms with Crippen molar-refractivity contribution in [1.82, 2.24) is 14.9 Å². The van der Waals surface area contributed by atoms with Crippen LogP contribution in [0.4, 0.5) is 0 Å². The molecule has 1 atom stereocenters. The highest BCUT2D eigenvalue weighted by molar-refractivity contribution is 6.00. The number of pyridine rings is 1. The van der Waals surface area contributed by atoms with E-state index in [4.69, 9.17) is 5.11 Å². The van der Waals surface area contributed by atoms with Gasteiger partial charge in [-0.2, -0.15) is 5.10 Å². The molecule has 0 aliphatic carbocycles. The Hall–Kier alpha value is -2.37. The molecular formula is C14H17N3O3. The van der Waals surface area contributed by atoms with Gasteiger partial charge >= 0.3 is 5.97 Å². The maximum Gasteiger partial charge on any atom is 0.308 e. The molecule has 0 saturated carbocycles. The lowest BCUT2D eigenvalue weighted by Crippen LogP contribution is -2.35. The van der Waals surface area contributed by atoms with Crippen LogP contribution in [0.25, 0.3) is 5.52 Å². The van der Waals surface area contributed by atoms with Crippen molar-refractivity contribution in [3.63, 3.8) is 0 Å². The van der Waals surface area contributed by atoms with Gasteiger partial charge in [-0.05, 0) is 18.1 Å². The van der Waals surface area contributed by atoms with E-state index >= 15 is 0 Å². The summed E-state index contributed by atoms with van der Waals surface area (Å²) in [4.78, 5) is 23.2. The molecule has 1 amide bonds. The molecule has 6 nitrogen and oxygen atoms in total. The minimum atomic E-state index is -0.903. The topological polar surface area (TPSA) is 83.7 Å². The molecule has 2 rings (SSSR count). The van der Waals surface area contributed by atoms with Gasteiger partial charge in [0, 0.05) is 12.7 Å². The lowest BCUT2D eigenvalue weighted by atomic mass is 9.96. The molecule has 106 valence electrons. The maximum absolute atomic E-state index is 12.1. The normalized spacial score (nSPS) is 12.6. The number of aliphatic carboxylic acids is 1. The highest BCUT2D eigenvalue weighted by Gasteiger charge is 2.22. The molecule has 0 aliphatic heterocycles. The number of carbonyl (C=O) groups excluding carboxylic acids is 1. The summed E-state index contributed by atoms with van der Waals surface area (Å²) in [6.07, 6.45) is 3.23. The third-order valence-electron chi connectivity index (χ3n) is 3.28. The lowest BCUT2D eigenvalue weighted by Gasteiger charge is -2.16. The number of hydrogen-bond donors (Lipinski definition) is 2. The lowest BCUT2D eigenvalue weighted by molar-refractivity contribution is -0.142. The van der Waals surface area contributed by atoms with Crippen LogP contribution in [0.1, 0.15) is 24.2 Å². The molecular weight excluding hydrogens is 258 g/mol. The highest BCUT2D eigenvalue weighted by atomic mass is 16.4. The maximum atomic E-state index is 12.1. The van der Waals surface area contributed by atoms with Crippen LogP contribution < -0.4 is 5.32 Å². The molecule has 0 aromatic carbocycles. The number of carbonyl (C=O) groups is 2. The Morgan fingerprint density at radius 3 is 2.80 bits per heavy atom. The summed E-state index contributed by atoms with van der Waals surface area (Å²) >= 11 is 0. The molecule has 0 radical (unpaired) electrons. The second-order valence-electron chi connectivity index (χ2n) is 4.99. The van der Waals surface area contributed by atoms with E-state index in [1.807, 2.05) is 26.0 Å². The minimum Gasteiger partial charge on any atom is -0.481 e. The first kappa shape index (κ1) is 14.0. The first-order valence-electron chi connectivity index (χ1n) is 6.44. The van der Waals surface area contributed by atoms with Crippen LogP contribution in [-0.2, 0) is 4.79 Å². The number of fused-ring (bicyclic) bond motifs is 1. The average Bonchev–Trinajstić information content (AvgIpc) is 2.81. The summed E-state index contributed by atoms with van der Waals surface area (Å²) in [5.74, 6) is -1.85. The van der Waals surface area contributed by atoms with E-state index < -0.39 is 11.9 Å². The Balaban J connectivity index is 2.11. The summed E-state index contributed by atoms with van der Waals surface area (Å²) in [5, 5.41) is 15.8. The molecule has 2 aromatic heterocycles. The SMILES string of the molecule is CC(C)C(CNC(=O)c1cnn2ccccc12)C(=O)O. The second-order valence-corrected chi connectivity index (χ2v) is 4.99. The first-order chi connectivity index (χ1) is 9.50. The summed E-state index contributed by atoms with van der Waals surface area (Å²) in [6, 6.07) is 5.43. The standard InChI is InChI=1S/C14H17N3O3/c1-9(2)10(14(19)20)7-15-13(18)11-8-16-17-6-4-3-5-12(11)17/h3-6,8-10H,7H2,1-2H3,(H,15,18)(H,19,20). The van der Waals surface area contributed by atoms with Crippen LogP contribution in [0.3, 0.4) is 0 Å². The Bertz CT molecular complexity index is 633. The predicted molar refractivity (Wildman–Crippen MR) is 73.5 cm³/mol. The highest BCUT2D eigenvalue weighted by Crippen LogP contribution is 2.12. The van der Waals surface area contributed by atoms with Crippen molar-refractivity contribution < 1.29 is 14.7 Å². The summed E-state index contributed by atoms with van der Waals surface area (Å²) in [5.41, 5.74) is 1.14. The van der Waals surface area contributed by atoms with Gasteiger partial charge in [-0.25, -0.2) is 4.52 Å². The number of hydrogen-bond acceptors (Lipinski definition) is 3. The third kappa shape index (κ3) is 2.79. The summed E-state index contributed by atoms with van der Waals surface area (Å²) in [6.45, 7) is 3.75. The molecule has 0 bridgehead atoms. The Kier molecular flexibility index (Phi) is 4.02. The van der Waals surface area contributed by atoms with Crippen molar-refractivity contribution >= 4 is 17.4 Å². The molecule has 0 saturated heterocycles. The fourth-order valence-electron chi connectivity index (χ4n) is 2.02. The van der Waals surface area contributed by atoms with Crippen LogP contribution in [0, 0.1) is 11.8 Å². The van der Waals surface area contributed by atoms with Crippen molar-refractivity contribution in [2.75, 3.05) is 6.54 Å². The van der Waals surface area contributed by atoms with Crippen molar-refractivity contribution in [2.45, 2.75) is 13.8 Å². The van der Waals surface area contributed by atoms with Crippen molar-refractivity contribution in [2.24, 2.45) is 11.8 Å². The number of carboxylic acid groups (broad SMARTS) is 1. The third-order valence-corrected chi connectivity index (χ3v) is 3.28. The number of rotatable bonds is 5. The van der Waals surface area contributed by atoms with Gasteiger partial charge in [0.25, 0.3) is 5.91 Å². The molecule has 1 unspecified atom stereocenters. The van der Waals surface area contributed by atoms with Gasteiger partial charge in [0.1, 0.15) is 0 Å². The minimum absolute atomic E-state index is 0.0447.